The molecule has 0 aliphatic carbocycles. The number of likely N-dealkylation sites (tertiary alicyclic amines) is 1. The monoisotopic (exact) mass is 393 g/mol. The Bertz CT molecular complexity index is 837. The van der Waals surface area contributed by atoms with Gasteiger partial charge in [0.05, 0.1) is 5.41 Å². The highest BCUT2D eigenvalue weighted by Gasteiger charge is 2.39. The van der Waals surface area contributed by atoms with Crippen LogP contribution in [0.3, 0.4) is 0 Å². The molecule has 0 radical (unpaired) electrons. The molecule has 2 N–H and O–H groups in total. The third-order valence-electron chi connectivity index (χ3n) is 5.77. The molecule has 5 heteroatoms. The lowest BCUT2D eigenvalue weighted by Gasteiger charge is -2.39. The van der Waals surface area contributed by atoms with E-state index in [0.29, 0.717) is 26.2 Å². The molecule has 0 spiro atoms. The molecule has 2 aromatic carbocycles. The van der Waals surface area contributed by atoms with Crippen LogP contribution in [0, 0.1) is 12.3 Å². The van der Waals surface area contributed by atoms with Crippen molar-refractivity contribution in [3.05, 3.63) is 71.3 Å². The van der Waals surface area contributed by atoms with Gasteiger partial charge in [0.25, 0.3) is 0 Å². The maximum absolute atomic E-state index is 12.9. The number of hydrogen-bond acceptors (Lipinski definition) is 2. The van der Waals surface area contributed by atoms with Crippen molar-refractivity contribution >= 4 is 11.9 Å². The van der Waals surface area contributed by atoms with Gasteiger partial charge < -0.3 is 15.5 Å². The number of carbonyl (C=O) groups is 2. The molecule has 0 bridgehead atoms. The molecule has 1 aliphatic rings. The van der Waals surface area contributed by atoms with E-state index in [4.69, 9.17) is 0 Å². The van der Waals surface area contributed by atoms with E-state index in [0.717, 1.165) is 24.8 Å². The number of carbonyl (C=O) groups excluding carboxylic acids is 2. The first-order valence-corrected chi connectivity index (χ1v) is 10.4. The third-order valence-corrected chi connectivity index (χ3v) is 5.77. The molecule has 1 heterocycles. The summed E-state index contributed by atoms with van der Waals surface area (Å²) in [7, 11) is 0. The smallest absolute Gasteiger partial charge is 0.317 e. The minimum atomic E-state index is -0.558. The first kappa shape index (κ1) is 20.9. The van der Waals surface area contributed by atoms with E-state index in [1.165, 1.54) is 11.1 Å². The van der Waals surface area contributed by atoms with Crippen LogP contribution < -0.4 is 10.6 Å². The summed E-state index contributed by atoms with van der Waals surface area (Å²) in [5.41, 5.74) is 2.93. The molecular formula is C24H31N3O2. The van der Waals surface area contributed by atoms with Gasteiger partial charge in [0.2, 0.25) is 5.91 Å². The Labute approximate surface area is 173 Å². The highest BCUT2D eigenvalue weighted by molar-refractivity contribution is 5.84. The molecule has 1 fully saturated rings. The number of nitrogens with zero attached hydrogens (tertiary/aromatic N) is 1. The summed E-state index contributed by atoms with van der Waals surface area (Å²) in [4.78, 5) is 27.3. The van der Waals surface area contributed by atoms with Crippen LogP contribution in [0.5, 0.6) is 0 Å². The summed E-state index contributed by atoms with van der Waals surface area (Å²) in [6, 6.07) is 18.1. The fourth-order valence-corrected chi connectivity index (χ4v) is 3.87. The summed E-state index contributed by atoms with van der Waals surface area (Å²) in [5, 5.41) is 6.08. The van der Waals surface area contributed by atoms with E-state index in [-0.39, 0.29) is 11.9 Å². The van der Waals surface area contributed by atoms with Crippen molar-refractivity contribution in [3.8, 4) is 0 Å². The topological polar surface area (TPSA) is 61.4 Å². The van der Waals surface area contributed by atoms with Gasteiger partial charge in [0.1, 0.15) is 0 Å². The van der Waals surface area contributed by atoms with E-state index >= 15 is 0 Å². The normalized spacial score (nSPS) is 18.9. The Kier molecular flexibility index (Phi) is 6.91. The van der Waals surface area contributed by atoms with Gasteiger partial charge in [-0.3, -0.25) is 4.79 Å². The van der Waals surface area contributed by atoms with E-state index < -0.39 is 5.41 Å². The minimum absolute atomic E-state index is 0.0162. The van der Waals surface area contributed by atoms with Crippen LogP contribution in [-0.2, 0) is 17.8 Å². The highest BCUT2D eigenvalue weighted by atomic mass is 16.2. The quantitative estimate of drug-likeness (QED) is 0.787. The Balaban J connectivity index is 1.50. The summed E-state index contributed by atoms with van der Waals surface area (Å²) < 4.78 is 0. The molecule has 154 valence electrons. The summed E-state index contributed by atoms with van der Waals surface area (Å²) in [6.07, 6.45) is 2.43. The van der Waals surface area contributed by atoms with Gasteiger partial charge in [-0.25, -0.2) is 4.79 Å². The molecule has 1 atom stereocenters. The summed E-state index contributed by atoms with van der Waals surface area (Å²) >= 11 is 0. The SMILES string of the molecule is Cc1ccccc1CNC(=O)C1(C)CCCN(C(=O)NCCc2ccccc2)C1. The molecule has 0 saturated carbocycles. The average molecular weight is 394 g/mol. The van der Waals surface area contributed by atoms with Gasteiger partial charge in [-0.15, -0.1) is 0 Å². The first-order chi connectivity index (χ1) is 14.0. The minimum Gasteiger partial charge on any atom is -0.351 e. The van der Waals surface area contributed by atoms with E-state index in [2.05, 4.69) is 22.8 Å². The number of nitrogens with one attached hydrogen (secondary N) is 2. The molecule has 3 rings (SSSR count). The molecule has 1 saturated heterocycles. The Hall–Kier alpha value is -2.82. The fourth-order valence-electron chi connectivity index (χ4n) is 3.87. The van der Waals surface area contributed by atoms with Crippen LogP contribution in [0.1, 0.15) is 36.5 Å². The second-order valence-electron chi connectivity index (χ2n) is 8.16. The van der Waals surface area contributed by atoms with E-state index in [9.17, 15) is 9.59 Å². The Morgan fingerprint density at radius 1 is 1.03 bits per heavy atom. The first-order valence-electron chi connectivity index (χ1n) is 10.4. The number of aryl methyl sites for hydroxylation is 1. The molecule has 29 heavy (non-hydrogen) atoms. The van der Waals surface area contributed by atoms with Gasteiger partial charge in [0, 0.05) is 26.2 Å². The van der Waals surface area contributed by atoms with Crippen molar-refractivity contribution < 1.29 is 9.59 Å². The van der Waals surface area contributed by atoms with Gasteiger partial charge in [-0.1, -0.05) is 54.6 Å². The number of piperidine rings is 1. The van der Waals surface area contributed by atoms with Gasteiger partial charge in [-0.2, -0.15) is 0 Å². The molecule has 0 aromatic heterocycles. The second-order valence-corrected chi connectivity index (χ2v) is 8.16. The van der Waals surface area contributed by atoms with Crippen LogP contribution in [0.2, 0.25) is 0 Å². The molecule has 3 amide bonds. The van der Waals surface area contributed by atoms with Crippen LogP contribution >= 0.6 is 0 Å². The van der Waals surface area contributed by atoms with Crippen molar-refractivity contribution in [1.29, 1.82) is 0 Å². The van der Waals surface area contributed by atoms with E-state index in [1.807, 2.05) is 56.3 Å². The third kappa shape index (κ3) is 5.59. The number of amides is 3. The maximum Gasteiger partial charge on any atom is 0.317 e. The molecule has 1 aliphatic heterocycles. The van der Waals surface area contributed by atoms with Crippen LogP contribution in [0.4, 0.5) is 4.79 Å². The fraction of sp³-hybridized carbons (Fsp3) is 0.417. The van der Waals surface area contributed by atoms with Gasteiger partial charge in [-0.05, 0) is 49.8 Å². The van der Waals surface area contributed by atoms with Crippen molar-refractivity contribution in [2.24, 2.45) is 5.41 Å². The van der Waals surface area contributed by atoms with Gasteiger partial charge >= 0.3 is 6.03 Å². The van der Waals surface area contributed by atoms with Crippen molar-refractivity contribution in [2.75, 3.05) is 19.6 Å². The lowest BCUT2D eigenvalue weighted by Crippen LogP contribution is -2.54. The van der Waals surface area contributed by atoms with Crippen molar-refractivity contribution in [2.45, 2.75) is 39.7 Å². The predicted octanol–water partition coefficient (Wildman–Crippen LogP) is 3.67. The Morgan fingerprint density at radius 2 is 1.76 bits per heavy atom. The number of rotatable bonds is 6. The molecular weight excluding hydrogens is 362 g/mol. The zero-order valence-electron chi connectivity index (χ0n) is 17.4. The standard InChI is InChI=1S/C24H31N3O2/c1-19-9-6-7-12-21(19)17-26-22(28)24(2)14-8-16-27(18-24)23(29)25-15-13-20-10-4-3-5-11-20/h3-7,9-12H,8,13-18H2,1-2H3,(H,25,29)(H,26,28). The number of urea groups is 1. The zero-order chi connectivity index (χ0) is 20.7. The number of benzene rings is 2. The van der Waals surface area contributed by atoms with E-state index in [1.54, 1.807) is 4.90 Å². The molecule has 1 unspecified atom stereocenters. The molecule has 5 nitrogen and oxygen atoms in total. The van der Waals surface area contributed by atoms with Crippen molar-refractivity contribution in [3.63, 3.8) is 0 Å². The summed E-state index contributed by atoms with van der Waals surface area (Å²) in [5.74, 6) is 0.0162. The maximum atomic E-state index is 12.9. The number of hydrogen-bond donors (Lipinski definition) is 2. The Morgan fingerprint density at radius 3 is 2.52 bits per heavy atom. The lowest BCUT2D eigenvalue weighted by atomic mass is 9.81. The van der Waals surface area contributed by atoms with Gasteiger partial charge in [0.15, 0.2) is 0 Å². The molecule has 2 aromatic rings. The van der Waals surface area contributed by atoms with Crippen LogP contribution in [0.25, 0.3) is 0 Å². The highest BCUT2D eigenvalue weighted by Crippen LogP contribution is 2.30. The average Bonchev–Trinajstić information content (AvgIpc) is 2.73. The second kappa shape index (κ2) is 9.59. The van der Waals surface area contributed by atoms with Crippen LogP contribution in [-0.4, -0.2) is 36.5 Å². The summed E-state index contributed by atoms with van der Waals surface area (Å²) in [6.45, 7) is 6.26. The van der Waals surface area contributed by atoms with Crippen molar-refractivity contribution in [1.82, 2.24) is 15.5 Å². The lowest BCUT2D eigenvalue weighted by molar-refractivity contribution is -0.132. The largest absolute Gasteiger partial charge is 0.351 e. The van der Waals surface area contributed by atoms with Crippen LogP contribution in [0.15, 0.2) is 54.6 Å². The zero-order valence-corrected chi connectivity index (χ0v) is 17.4. The predicted molar refractivity (Wildman–Crippen MR) is 115 cm³/mol.